The van der Waals surface area contributed by atoms with Crippen LogP contribution < -0.4 is 16.9 Å². The summed E-state index contributed by atoms with van der Waals surface area (Å²) < 4.78 is 5.84. The maximum absolute atomic E-state index is 11.5. The van der Waals surface area contributed by atoms with Crippen molar-refractivity contribution in [3.8, 4) is 0 Å². The van der Waals surface area contributed by atoms with Crippen LogP contribution in [0.4, 0.5) is 0 Å². The number of amides is 1. The number of hydrogen-bond donors (Lipinski definition) is 3. The van der Waals surface area contributed by atoms with Crippen molar-refractivity contribution < 1.29 is 9.53 Å². The van der Waals surface area contributed by atoms with Gasteiger partial charge in [-0.25, -0.2) is 0 Å². The molecule has 1 heterocycles. The van der Waals surface area contributed by atoms with E-state index in [1.807, 2.05) is 6.92 Å². The summed E-state index contributed by atoms with van der Waals surface area (Å²) in [5.41, 5.74) is 13.9. The van der Waals surface area contributed by atoms with E-state index in [1.54, 1.807) is 0 Å². The maximum atomic E-state index is 11.5. The summed E-state index contributed by atoms with van der Waals surface area (Å²) in [6.45, 7) is 1.87. The number of thiocarbonyl (C=S) groups is 1. The van der Waals surface area contributed by atoms with Crippen LogP contribution in [0.2, 0.25) is 0 Å². The number of nitrogens with two attached hydrogens (primary N) is 2. The molecule has 6 nitrogen and oxygen atoms in total. The Morgan fingerprint density at radius 1 is 1.44 bits per heavy atom. The van der Waals surface area contributed by atoms with Crippen molar-refractivity contribution in [2.45, 2.75) is 38.2 Å². The summed E-state index contributed by atoms with van der Waals surface area (Å²) in [6.07, 6.45) is 3.89. The molecule has 0 atom stereocenters. The lowest BCUT2D eigenvalue weighted by molar-refractivity contribution is -0.114. The molecule has 0 aromatic carbocycles. The van der Waals surface area contributed by atoms with Gasteiger partial charge in [0.2, 0.25) is 5.90 Å². The van der Waals surface area contributed by atoms with E-state index < -0.39 is 11.5 Å². The first-order valence-corrected chi connectivity index (χ1v) is 6.21. The second kappa shape index (κ2) is 4.56. The standard InChI is InChI=1S/C11H16N4O2S/c1-6-7(8(12)16)9(14-15-10(13)18)17-11(6)4-2-3-5-11/h2-5H2,1H3,(H2,12,16)(H3,13,15,18). The lowest BCUT2D eigenvalue weighted by Gasteiger charge is -2.24. The molecule has 98 valence electrons. The van der Waals surface area contributed by atoms with Crippen molar-refractivity contribution in [3.05, 3.63) is 11.1 Å². The maximum Gasteiger partial charge on any atom is 0.254 e. The van der Waals surface area contributed by atoms with Gasteiger partial charge in [-0.1, -0.05) is 0 Å². The second-order valence-corrected chi connectivity index (χ2v) is 5.00. The predicted octanol–water partition coefficient (Wildman–Crippen LogP) is 0.278. The number of hydrogen-bond acceptors (Lipinski definition) is 4. The highest BCUT2D eigenvalue weighted by Gasteiger charge is 2.47. The Bertz CT molecular complexity index is 464. The summed E-state index contributed by atoms with van der Waals surface area (Å²) in [6, 6.07) is 0. The molecule has 0 unspecified atom stereocenters. The van der Waals surface area contributed by atoms with Crippen LogP contribution in [-0.4, -0.2) is 22.5 Å². The van der Waals surface area contributed by atoms with Crippen molar-refractivity contribution in [2.75, 3.05) is 0 Å². The zero-order valence-corrected chi connectivity index (χ0v) is 11.0. The van der Waals surface area contributed by atoms with Gasteiger partial charge in [-0.15, -0.1) is 5.10 Å². The highest BCUT2D eigenvalue weighted by molar-refractivity contribution is 7.80. The summed E-state index contributed by atoms with van der Waals surface area (Å²) in [5, 5.41) is 3.93. The van der Waals surface area contributed by atoms with E-state index in [1.165, 1.54) is 0 Å². The lowest BCUT2D eigenvalue weighted by Crippen LogP contribution is -2.30. The summed E-state index contributed by atoms with van der Waals surface area (Å²) in [4.78, 5) is 11.5. The van der Waals surface area contributed by atoms with Crippen LogP contribution >= 0.6 is 12.2 Å². The van der Waals surface area contributed by atoms with Crippen molar-refractivity contribution >= 4 is 29.1 Å². The molecule has 1 aliphatic carbocycles. The van der Waals surface area contributed by atoms with E-state index in [-0.39, 0.29) is 11.0 Å². The Morgan fingerprint density at radius 2 is 2.06 bits per heavy atom. The molecule has 2 aliphatic rings. The van der Waals surface area contributed by atoms with Gasteiger partial charge in [-0.2, -0.15) is 0 Å². The molecule has 1 saturated carbocycles. The molecule has 2 rings (SSSR count). The van der Waals surface area contributed by atoms with Crippen LogP contribution in [0.3, 0.4) is 0 Å². The Labute approximate surface area is 110 Å². The van der Waals surface area contributed by atoms with Crippen LogP contribution in [0.15, 0.2) is 16.2 Å². The molecule has 7 heteroatoms. The largest absolute Gasteiger partial charge is 0.465 e. The van der Waals surface area contributed by atoms with Gasteiger partial charge in [-0.05, 0) is 50.4 Å². The molecule has 0 radical (unpaired) electrons. The Balaban J connectivity index is 2.36. The third-order valence-electron chi connectivity index (χ3n) is 3.49. The summed E-state index contributed by atoms with van der Waals surface area (Å²) in [5.74, 6) is -0.352. The zero-order chi connectivity index (χ0) is 13.3. The first kappa shape index (κ1) is 12.8. The molecule has 1 amide bonds. The third-order valence-corrected chi connectivity index (χ3v) is 3.58. The number of carbonyl (C=O) groups excluding carboxylic acids is 1. The van der Waals surface area contributed by atoms with Crippen LogP contribution in [-0.2, 0) is 9.53 Å². The van der Waals surface area contributed by atoms with Crippen LogP contribution in [0.5, 0.6) is 0 Å². The molecule has 1 fully saturated rings. The van der Waals surface area contributed by atoms with E-state index in [9.17, 15) is 4.79 Å². The quantitative estimate of drug-likeness (QED) is 0.493. The van der Waals surface area contributed by atoms with E-state index in [0.29, 0.717) is 5.57 Å². The fourth-order valence-corrected chi connectivity index (χ4v) is 2.64. The normalized spacial score (nSPS) is 23.5. The molecular weight excluding hydrogens is 252 g/mol. The third kappa shape index (κ3) is 2.05. The first-order valence-electron chi connectivity index (χ1n) is 5.80. The SMILES string of the molecule is CC1=C(C(N)=O)C(=NNC(N)=S)OC12CCCC2. The Kier molecular flexibility index (Phi) is 3.25. The number of rotatable bonds is 2. The molecular formula is C11H16N4O2S. The van der Waals surface area contributed by atoms with Crippen LogP contribution in [0, 0.1) is 0 Å². The fraction of sp³-hybridized carbons (Fsp3) is 0.545. The minimum absolute atomic E-state index is 0.0138. The molecule has 0 aromatic heterocycles. The number of carbonyl (C=O) groups is 1. The van der Waals surface area contributed by atoms with E-state index in [2.05, 4.69) is 22.7 Å². The highest BCUT2D eigenvalue weighted by Crippen LogP contribution is 2.45. The predicted molar refractivity (Wildman–Crippen MR) is 71.5 cm³/mol. The molecule has 0 aromatic rings. The Hall–Kier alpha value is -1.63. The minimum atomic E-state index is -0.542. The van der Waals surface area contributed by atoms with Crippen molar-refractivity contribution in [3.63, 3.8) is 0 Å². The number of ether oxygens (including phenoxy) is 1. The summed E-state index contributed by atoms with van der Waals surface area (Å²) in [7, 11) is 0. The van der Waals surface area contributed by atoms with Crippen molar-refractivity contribution in [2.24, 2.45) is 16.6 Å². The number of nitrogens with one attached hydrogen (secondary N) is 1. The van der Waals surface area contributed by atoms with Crippen LogP contribution in [0.1, 0.15) is 32.6 Å². The number of primary amides is 1. The first-order chi connectivity index (χ1) is 8.46. The van der Waals surface area contributed by atoms with Crippen molar-refractivity contribution in [1.82, 2.24) is 5.43 Å². The molecule has 0 bridgehead atoms. The average molecular weight is 268 g/mol. The number of hydrazone groups is 1. The average Bonchev–Trinajstić information content (AvgIpc) is 2.84. The topological polar surface area (TPSA) is 103 Å². The summed E-state index contributed by atoms with van der Waals surface area (Å²) >= 11 is 4.66. The fourth-order valence-electron chi connectivity index (χ4n) is 2.60. The monoisotopic (exact) mass is 268 g/mol. The Morgan fingerprint density at radius 3 is 2.56 bits per heavy atom. The van der Waals surface area contributed by atoms with Gasteiger partial charge in [0.25, 0.3) is 5.91 Å². The van der Waals surface area contributed by atoms with E-state index in [0.717, 1.165) is 31.3 Å². The van der Waals surface area contributed by atoms with E-state index >= 15 is 0 Å². The second-order valence-electron chi connectivity index (χ2n) is 4.56. The van der Waals surface area contributed by atoms with Gasteiger partial charge in [0, 0.05) is 0 Å². The lowest BCUT2D eigenvalue weighted by atomic mass is 9.91. The van der Waals surface area contributed by atoms with Gasteiger partial charge < -0.3 is 16.2 Å². The van der Waals surface area contributed by atoms with Gasteiger partial charge in [0.15, 0.2) is 5.11 Å². The van der Waals surface area contributed by atoms with Gasteiger partial charge >= 0.3 is 0 Å². The van der Waals surface area contributed by atoms with Gasteiger partial charge in [0.1, 0.15) is 11.2 Å². The smallest absolute Gasteiger partial charge is 0.254 e. The molecule has 18 heavy (non-hydrogen) atoms. The molecule has 5 N–H and O–H groups in total. The molecule has 1 spiro atoms. The number of nitrogens with zero attached hydrogens (tertiary/aromatic N) is 1. The zero-order valence-electron chi connectivity index (χ0n) is 10.2. The van der Waals surface area contributed by atoms with Gasteiger partial charge in [-0.3, -0.25) is 10.2 Å². The van der Waals surface area contributed by atoms with Crippen LogP contribution in [0.25, 0.3) is 0 Å². The highest BCUT2D eigenvalue weighted by atomic mass is 32.1. The molecule has 1 aliphatic heterocycles. The van der Waals surface area contributed by atoms with Gasteiger partial charge in [0.05, 0.1) is 0 Å². The van der Waals surface area contributed by atoms with Crippen molar-refractivity contribution in [1.29, 1.82) is 0 Å². The minimum Gasteiger partial charge on any atom is -0.465 e. The molecule has 0 saturated heterocycles. The van der Waals surface area contributed by atoms with E-state index in [4.69, 9.17) is 16.2 Å².